The molecule has 0 aliphatic heterocycles. The third kappa shape index (κ3) is 3.18. The van der Waals surface area contributed by atoms with Crippen LogP contribution in [-0.4, -0.2) is 5.84 Å². The van der Waals surface area contributed by atoms with Crippen LogP contribution in [0.3, 0.4) is 0 Å². The van der Waals surface area contributed by atoms with Crippen molar-refractivity contribution in [2.24, 2.45) is 5.73 Å². The molecule has 0 radical (unpaired) electrons. The zero-order valence-corrected chi connectivity index (χ0v) is 12.1. The van der Waals surface area contributed by atoms with E-state index in [1.807, 2.05) is 30.3 Å². The van der Waals surface area contributed by atoms with Crippen LogP contribution in [0.15, 0.2) is 48.5 Å². The molecule has 2 rings (SSSR count). The quantitative estimate of drug-likeness (QED) is 0.651. The molecule has 3 nitrogen and oxygen atoms in total. The fourth-order valence-corrected chi connectivity index (χ4v) is 2.00. The van der Waals surface area contributed by atoms with Crippen LogP contribution in [0.2, 0.25) is 0 Å². The molecular weight excluding hydrogens is 248 g/mol. The van der Waals surface area contributed by atoms with Gasteiger partial charge in [-0.25, -0.2) is 0 Å². The van der Waals surface area contributed by atoms with Gasteiger partial charge in [0, 0.05) is 11.1 Å². The Hall–Kier alpha value is -2.29. The van der Waals surface area contributed by atoms with Crippen molar-refractivity contribution >= 4 is 5.84 Å². The van der Waals surface area contributed by atoms with Gasteiger partial charge in [-0.3, -0.25) is 5.41 Å². The maximum Gasteiger partial charge on any atom is 0.131 e. The van der Waals surface area contributed by atoms with E-state index >= 15 is 0 Å². The molecular formula is C17H20N2O. The lowest BCUT2D eigenvalue weighted by atomic mass is 9.86. The minimum atomic E-state index is 0.0237. The monoisotopic (exact) mass is 268 g/mol. The molecule has 20 heavy (non-hydrogen) atoms. The second-order valence-corrected chi connectivity index (χ2v) is 5.79. The Morgan fingerprint density at radius 2 is 1.60 bits per heavy atom. The van der Waals surface area contributed by atoms with Crippen LogP contribution in [0.1, 0.15) is 31.9 Å². The number of rotatable bonds is 3. The van der Waals surface area contributed by atoms with E-state index < -0.39 is 0 Å². The van der Waals surface area contributed by atoms with Crippen molar-refractivity contribution in [2.45, 2.75) is 26.2 Å². The molecule has 3 heteroatoms. The summed E-state index contributed by atoms with van der Waals surface area (Å²) < 4.78 is 5.96. The largest absolute Gasteiger partial charge is 0.457 e. The summed E-state index contributed by atoms with van der Waals surface area (Å²) in [6.07, 6.45) is 0. The first kappa shape index (κ1) is 14.1. The maximum atomic E-state index is 7.38. The summed E-state index contributed by atoms with van der Waals surface area (Å²) in [7, 11) is 0. The average molecular weight is 268 g/mol. The van der Waals surface area contributed by atoms with Gasteiger partial charge in [0.15, 0.2) is 0 Å². The number of nitrogens with one attached hydrogen (secondary N) is 1. The summed E-state index contributed by atoms with van der Waals surface area (Å²) >= 11 is 0. The van der Waals surface area contributed by atoms with E-state index in [1.165, 1.54) is 0 Å². The van der Waals surface area contributed by atoms with Crippen molar-refractivity contribution in [3.05, 3.63) is 59.7 Å². The molecule has 3 N–H and O–H groups in total. The van der Waals surface area contributed by atoms with E-state index in [9.17, 15) is 0 Å². The zero-order valence-electron chi connectivity index (χ0n) is 12.1. The number of amidine groups is 1. The van der Waals surface area contributed by atoms with Gasteiger partial charge in [0.1, 0.15) is 17.3 Å². The number of nitrogen functional groups attached to an aromatic ring is 1. The highest BCUT2D eigenvalue weighted by atomic mass is 16.5. The Balaban J connectivity index is 2.28. The van der Waals surface area contributed by atoms with Gasteiger partial charge < -0.3 is 10.5 Å². The molecule has 2 aromatic rings. The van der Waals surface area contributed by atoms with Crippen LogP contribution < -0.4 is 10.5 Å². The Morgan fingerprint density at radius 3 is 2.15 bits per heavy atom. The molecule has 0 atom stereocenters. The van der Waals surface area contributed by atoms with E-state index in [1.54, 1.807) is 12.1 Å². The summed E-state index contributed by atoms with van der Waals surface area (Å²) in [6, 6.07) is 15.3. The minimum absolute atomic E-state index is 0.0237. The average Bonchev–Trinajstić information content (AvgIpc) is 2.38. The van der Waals surface area contributed by atoms with Gasteiger partial charge in [0.25, 0.3) is 0 Å². The third-order valence-electron chi connectivity index (χ3n) is 3.09. The fourth-order valence-electron chi connectivity index (χ4n) is 2.00. The van der Waals surface area contributed by atoms with E-state index in [0.29, 0.717) is 5.56 Å². The van der Waals surface area contributed by atoms with E-state index in [4.69, 9.17) is 15.9 Å². The minimum Gasteiger partial charge on any atom is -0.457 e. The predicted octanol–water partition coefficient (Wildman–Crippen LogP) is 4.06. The predicted molar refractivity (Wildman–Crippen MR) is 82.7 cm³/mol. The van der Waals surface area contributed by atoms with Crippen LogP contribution in [0.5, 0.6) is 11.5 Å². The van der Waals surface area contributed by atoms with Crippen LogP contribution >= 0.6 is 0 Å². The second-order valence-electron chi connectivity index (χ2n) is 5.79. The fraction of sp³-hybridized carbons (Fsp3) is 0.235. The van der Waals surface area contributed by atoms with Crippen LogP contribution in [0.4, 0.5) is 0 Å². The molecule has 2 aromatic carbocycles. The molecule has 0 bridgehead atoms. The van der Waals surface area contributed by atoms with Gasteiger partial charge >= 0.3 is 0 Å². The van der Waals surface area contributed by atoms with E-state index in [-0.39, 0.29) is 11.3 Å². The lowest BCUT2D eigenvalue weighted by Gasteiger charge is -2.22. The Morgan fingerprint density at radius 1 is 1.00 bits per heavy atom. The molecule has 0 aliphatic rings. The molecule has 0 saturated heterocycles. The first-order valence-electron chi connectivity index (χ1n) is 6.60. The Labute approximate surface area is 119 Å². The molecule has 0 unspecified atom stereocenters. The molecule has 0 saturated carbocycles. The van der Waals surface area contributed by atoms with Gasteiger partial charge in [0.2, 0.25) is 0 Å². The van der Waals surface area contributed by atoms with E-state index in [0.717, 1.165) is 17.1 Å². The highest BCUT2D eigenvalue weighted by Gasteiger charge is 2.18. The Kier molecular flexibility index (Phi) is 3.79. The summed E-state index contributed by atoms with van der Waals surface area (Å²) in [5.74, 6) is 1.66. The number of hydrogen-bond acceptors (Lipinski definition) is 2. The van der Waals surface area contributed by atoms with Crippen LogP contribution in [0.25, 0.3) is 0 Å². The molecule has 0 amide bonds. The van der Waals surface area contributed by atoms with Crippen LogP contribution in [0, 0.1) is 5.41 Å². The summed E-state index contributed by atoms with van der Waals surface area (Å²) in [4.78, 5) is 0. The highest BCUT2D eigenvalue weighted by Crippen LogP contribution is 2.33. The van der Waals surface area contributed by atoms with Gasteiger partial charge in [-0.1, -0.05) is 39.0 Å². The SMILES string of the molecule is CC(C)(C)c1ccccc1Oc1ccc(C(=N)N)cc1. The van der Waals surface area contributed by atoms with Gasteiger partial charge in [-0.2, -0.15) is 0 Å². The standard InChI is InChI=1S/C17H20N2O/c1-17(2,3)14-6-4-5-7-15(14)20-13-10-8-12(9-11-13)16(18)19/h4-11H,1-3H3,(H3,18,19). The smallest absolute Gasteiger partial charge is 0.131 e. The van der Waals surface area contributed by atoms with Gasteiger partial charge in [-0.05, 0) is 35.7 Å². The normalized spacial score (nSPS) is 11.2. The molecule has 0 heterocycles. The van der Waals surface area contributed by atoms with Crippen LogP contribution in [-0.2, 0) is 5.41 Å². The van der Waals surface area contributed by atoms with Crippen molar-refractivity contribution in [1.82, 2.24) is 0 Å². The number of hydrogen-bond donors (Lipinski definition) is 2. The maximum absolute atomic E-state index is 7.38. The molecule has 0 aliphatic carbocycles. The first-order chi connectivity index (χ1) is 9.38. The van der Waals surface area contributed by atoms with Gasteiger partial charge in [-0.15, -0.1) is 0 Å². The lowest BCUT2D eigenvalue weighted by molar-refractivity contribution is 0.455. The van der Waals surface area contributed by atoms with Crippen molar-refractivity contribution in [3.63, 3.8) is 0 Å². The zero-order chi connectivity index (χ0) is 14.8. The molecule has 0 fully saturated rings. The van der Waals surface area contributed by atoms with Crippen molar-refractivity contribution in [2.75, 3.05) is 0 Å². The number of ether oxygens (including phenoxy) is 1. The number of para-hydroxylation sites is 1. The molecule has 104 valence electrons. The van der Waals surface area contributed by atoms with Crippen molar-refractivity contribution in [3.8, 4) is 11.5 Å². The highest BCUT2D eigenvalue weighted by molar-refractivity contribution is 5.94. The first-order valence-corrected chi connectivity index (χ1v) is 6.60. The Bertz CT molecular complexity index is 610. The molecule has 0 spiro atoms. The summed E-state index contributed by atoms with van der Waals surface area (Å²) in [5.41, 5.74) is 7.32. The van der Waals surface area contributed by atoms with E-state index in [2.05, 4.69) is 26.8 Å². The third-order valence-corrected chi connectivity index (χ3v) is 3.09. The lowest BCUT2D eigenvalue weighted by Crippen LogP contribution is -2.12. The second kappa shape index (κ2) is 5.37. The molecule has 0 aromatic heterocycles. The summed E-state index contributed by atoms with van der Waals surface area (Å²) in [6.45, 7) is 6.48. The number of nitrogens with two attached hydrogens (primary N) is 1. The topological polar surface area (TPSA) is 59.1 Å². The number of benzene rings is 2. The van der Waals surface area contributed by atoms with Crippen molar-refractivity contribution < 1.29 is 4.74 Å². The van der Waals surface area contributed by atoms with Crippen molar-refractivity contribution in [1.29, 1.82) is 5.41 Å². The summed E-state index contributed by atoms with van der Waals surface area (Å²) in [5, 5.41) is 7.38. The van der Waals surface area contributed by atoms with Gasteiger partial charge in [0.05, 0.1) is 0 Å².